The van der Waals surface area contributed by atoms with Crippen molar-refractivity contribution in [1.29, 1.82) is 0 Å². The molecule has 0 heterocycles. The molecular formula is C61H106O6. The number of carbonyl (C=O) groups excluding carboxylic acids is 3. The lowest BCUT2D eigenvalue weighted by Gasteiger charge is -2.18. The quantitative estimate of drug-likeness (QED) is 0.0262. The number of allylic oxidation sites excluding steroid dienone is 12. The normalized spacial score (nSPS) is 12.6. The van der Waals surface area contributed by atoms with Crippen molar-refractivity contribution in [2.45, 2.75) is 284 Å². The van der Waals surface area contributed by atoms with Crippen molar-refractivity contribution in [2.24, 2.45) is 0 Å². The highest BCUT2D eigenvalue weighted by Crippen LogP contribution is 2.14. The third-order valence-corrected chi connectivity index (χ3v) is 12.2. The zero-order valence-electron chi connectivity index (χ0n) is 44.2. The summed E-state index contributed by atoms with van der Waals surface area (Å²) in [5, 5.41) is 0. The van der Waals surface area contributed by atoms with Crippen LogP contribution in [0.3, 0.4) is 0 Å². The van der Waals surface area contributed by atoms with Gasteiger partial charge in [0.25, 0.3) is 0 Å². The van der Waals surface area contributed by atoms with Crippen LogP contribution in [0.25, 0.3) is 0 Å². The molecule has 0 aromatic rings. The fraction of sp³-hybridized carbons (Fsp3) is 0.754. The molecule has 0 amide bonds. The Morgan fingerprint density at radius 1 is 0.299 bits per heavy atom. The van der Waals surface area contributed by atoms with Gasteiger partial charge in [-0.1, -0.05) is 222 Å². The molecular weight excluding hydrogens is 829 g/mol. The van der Waals surface area contributed by atoms with Gasteiger partial charge in [-0.15, -0.1) is 0 Å². The molecule has 0 unspecified atom stereocenters. The average Bonchev–Trinajstić information content (AvgIpc) is 3.33. The summed E-state index contributed by atoms with van der Waals surface area (Å²) in [5.74, 6) is -0.958. The Hall–Kier alpha value is -3.15. The summed E-state index contributed by atoms with van der Waals surface area (Å²) in [5.41, 5.74) is 0. The van der Waals surface area contributed by atoms with E-state index in [-0.39, 0.29) is 37.5 Å². The number of unbranched alkanes of at least 4 members (excludes halogenated alkanes) is 28. The Morgan fingerprint density at radius 3 is 0.940 bits per heavy atom. The molecule has 386 valence electrons. The Labute approximate surface area is 414 Å². The molecule has 0 N–H and O–H groups in total. The van der Waals surface area contributed by atoms with E-state index in [1.54, 1.807) is 0 Å². The first kappa shape index (κ1) is 63.8. The molecule has 0 aliphatic heterocycles. The molecule has 0 spiro atoms. The fourth-order valence-electron chi connectivity index (χ4n) is 7.84. The summed E-state index contributed by atoms with van der Waals surface area (Å²) in [4.78, 5) is 38.1. The van der Waals surface area contributed by atoms with E-state index in [9.17, 15) is 14.4 Å². The first-order valence-electron chi connectivity index (χ1n) is 28.4. The summed E-state index contributed by atoms with van der Waals surface area (Å²) in [6, 6.07) is 0. The maximum Gasteiger partial charge on any atom is 0.306 e. The van der Waals surface area contributed by atoms with Crippen LogP contribution in [0.2, 0.25) is 0 Å². The first-order valence-corrected chi connectivity index (χ1v) is 28.4. The highest BCUT2D eigenvalue weighted by Gasteiger charge is 2.19. The second-order valence-electron chi connectivity index (χ2n) is 18.8. The minimum atomic E-state index is -0.807. The monoisotopic (exact) mass is 935 g/mol. The second-order valence-corrected chi connectivity index (χ2v) is 18.8. The SMILES string of the molecule is CCCCC/C=C\C/C=C\C/C=C\C/C=C\CCCC(=O)O[C@@H](COC(=O)CCCCCCCCC/C=C\CCCCCC)COC(=O)CCCCCCCCC/C=C\CCCCCCCC. The number of esters is 3. The predicted molar refractivity (Wildman–Crippen MR) is 288 cm³/mol. The van der Waals surface area contributed by atoms with Crippen LogP contribution in [0, 0.1) is 0 Å². The topological polar surface area (TPSA) is 78.9 Å². The van der Waals surface area contributed by atoms with Gasteiger partial charge in [0.1, 0.15) is 13.2 Å². The summed E-state index contributed by atoms with van der Waals surface area (Å²) in [6.45, 7) is 6.56. The average molecular weight is 936 g/mol. The van der Waals surface area contributed by atoms with E-state index in [1.165, 1.54) is 167 Å². The predicted octanol–water partition coefficient (Wildman–Crippen LogP) is 19.0. The summed E-state index contributed by atoms with van der Waals surface area (Å²) in [6.07, 6.45) is 70.3. The number of carbonyl (C=O) groups is 3. The van der Waals surface area contributed by atoms with Crippen LogP contribution in [-0.4, -0.2) is 37.2 Å². The highest BCUT2D eigenvalue weighted by atomic mass is 16.6. The van der Waals surface area contributed by atoms with Gasteiger partial charge in [0.2, 0.25) is 0 Å². The lowest BCUT2D eigenvalue weighted by atomic mass is 10.1. The molecule has 67 heavy (non-hydrogen) atoms. The van der Waals surface area contributed by atoms with Gasteiger partial charge in [0.15, 0.2) is 6.10 Å². The van der Waals surface area contributed by atoms with Gasteiger partial charge >= 0.3 is 17.9 Å². The molecule has 0 aromatic heterocycles. The third-order valence-electron chi connectivity index (χ3n) is 12.2. The van der Waals surface area contributed by atoms with E-state index in [2.05, 4.69) is 93.7 Å². The molecule has 0 radical (unpaired) electrons. The maximum atomic E-state index is 12.8. The van der Waals surface area contributed by atoms with E-state index in [4.69, 9.17) is 14.2 Å². The summed E-state index contributed by atoms with van der Waals surface area (Å²) < 4.78 is 16.8. The molecule has 0 aromatic carbocycles. The van der Waals surface area contributed by atoms with Gasteiger partial charge in [-0.2, -0.15) is 0 Å². The lowest BCUT2D eigenvalue weighted by molar-refractivity contribution is -0.167. The fourth-order valence-corrected chi connectivity index (χ4v) is 7.84. The third kappa shape index (κ3) is 53.7. The zero-order valence-corrected chi connectivity index (χ0v) is 44.2. The van der Waals surface area contributed by atoms with Crippen LogP contribution in [0.4, 0.5) is 0 Å². The molecule has 0 saturated heterocycles. The van der Waals surface area contributed by atoms with Gasteiger partial charge in [0.05, 0.1) is 0 Å². The molecule has 0 saturated carbocycles. The van der Waals surface area contributed by atoms with Crippen LogP contribution in [0.1, 0.15) is 278 Å². The Morgan fingerprint density at radius 2 is 0.552 bits per heavy atom. The molecule has 6 heteroatoms. The van der Waals surface area contributed by atoms with Crippen molar-refractivity contribution in [3.63, 3.8) is 0 Å². The van der Waals surface area contributed by atoms with Crippen molar-refractivity contribution in [1.82, 2.24) is 0 Å². The highest BCUT2D eigenvalue weighted by molar-refractivity contribution is 5.71. The van der Waals surface area contributed by atoms with Crippen LogP contribution < -0.4 is 0 Å². The summed E-state index contributed by atoms with van der Waals surface area (Å²) >= 11 is 0. The number of ether oxygens (including phenoxy) is 3. The Bertz CT molecular complexity index is 1260. The molecule has 0 rings (SSSR count). The molecule has 0 aliphatic rings. The van der Waals surface area contributed by atoms with Gasteiger partial charge < -0.3 is 14.2 Å². The van der Waals surface area contributed by atoms with E-state index in [0.717, 1.165) is 64.2 Å². The van der Waals surface area contributed by atoms with Crippen LogP contribution in [0.15, 0.2) is 72.9 Å². The standard InChI is InChI=1S/C61H106O6/c1-4-7-10-13-16-19-22-25-28-30-33-36-39-42-45-48-51-54-60(63)66-57-58(56-65-59(62)53-50-47-44-41-38-35-32-27-24-21-18-15-12-9-6-3)67-61(64)55-52-49-46-43-40-37-34-31-29-26-23-20-17-14-11-8-5-2/h17,20-21,24-26,28-29,34,37,43,46,58H,4-16,18-19,22-23,27,30-33,35-36,38-42,44-45,47-57H2,1-3H3/b20-17-,24-21-,28-25-,29-26-,37-34-,46-43-/t58-/m0/s1. The van der Waals surface area contributed by atoms with Gasteiger partial charge in [-0.05, 0) is 109 Å². The van der Waals surface area contributed by atoms with E-state index < -0.39 is 6.10 Å². The lowest BCUT2D eigenvalue weighted by Crippen LogP contribution is -2.30. The second kappa shape index (κ2) is 55.4. The molecule has 0 fully saturated rings. The Balaban J connectivity index is 4.47. The maximum absolute atomic E-state index is 12.8. The van der Waals surface area contributed by atoms with Crippen LogP contribution in [-0.2, 0) is 28.6 Å². The number of hydrogen-bond acceptors (Lipinski definition) is 6. The molecule has 0 aliphatic carbocycles. The molecule has 6 nitrogen and oxygen atoms in total. The smallest absolute Gasteiger partial charge is 0.306 e. The van der Waals surface area contributed by atoms with Crippen LogP contribution in [0.5, 0.6) is 0 Å². The van der Waals surface area contributed by atoms with Crippen molar-refractivity contribution in [2.75, 3.05) is 13.2 Å². The van der Waals surface area contributed by atoms with E-state index in [0.29, 0.717) is 19.3 Å². The number of rotatable bonds is 51. The van der Waals surface area contributed by atoms with Gasteiger partial charge in [0, 0.05) is 19.3 Å². The number of hydrogen-bond donors (Lipinski definition) is 0. The van der Waals surface area contributed by atoms with E-state index >= 15 is 0 Å². The van der Waals surface area contributed by atoms with Gasteiger partial charge in [-0.3, -0.25) is 14.4 Å². The molecule has 1 atom stereocenters. The molecule has 0 bridgehead atoms. The minimum Gasteiger partial charge on any atom is -0.462 e. The Kier molecular flexibility index (Phi) is 52.8. The minimum absolute atomic E-state index is 0.100. The van der Waals surface area contributed by atoms with Crippen LogP contribution >= 0.6 is 0 Å². The van der Waals surface area contributed by atoms with Gasteiger partial charge in [-0.25, -0.2) is 0 Å². The summed E-state index contributed by atoms with van der Waals surface area (Å²) in [7, 11) is 0. The zero-order chi connectivity index (χ0) is 48.6. The van der Waals surface area contributed by atoms with E-state index in [1.807, 2.05) is 0 Å². The largest absolute Gasteiger partial charge is 0.462 e. The van der Waals surface area contributed by atoms with Crippen molar-refractivity contribution in [3.8, 4) is 0 Å². The van der Waals surface area contributed by atoms with Crippen molar-refractivity contribution >= 4 is 17.9 Å². The van der Waals surface area contributed by atoms with Crippen molar-refractivity contribution < 1.29 is 28.6 Å². The van der Waals surface area contributed by atoms with Crippen molar-refractivity contribution in [3.05, 3.63) is 72.9 Å². The first-order chi connectivity index (χ1) is 33.0.